The van der Waals surface area contributed by atoms with Gasteiger partial charge in [-0.2, -0.15) is 0 Å². The van der Waals surface area contributed by atoms with Crippen LogP contribution < -0.4 is 9.79 Å². The molecule has 2 atom stereocenters. The van der Waals surface area contributed by atoms with Gasteiger partial charge in [-0.1, -0.05) is 13.8 Å². The van der Waals surface area contributed by atoms with Crippen molar-refractivity contribution >= 4 is 32.3 Å². The highest BCUT2D eigenvalue weighted by atomic mass is 32.2. The van der Waals surface area contributed by atoms with E-state index in [-0.39, 0.29) is 16.2 Å². The Bertz CT molecular complexity index is 821. The summed E-state index contributed by atoms with van der Waals surface area (Å²) in [6.07, 6.45) is 5.67. The average molecular weight is 430 g/mol. The summed E-state index contributed by atoms with van der Waals surface area (Å²) in [5, 5.41) is 11.6. The number of anilines is 1. The van der Waals surface area contributed by atoms with Crippen LogP contribution >= 0.6 is 11.3 Å². The summed E-state index contributed by atoms with van der Waals surface area (Å²) in [4.78, 5) is 18.7. The molecule has 1 saturated heterocycles. The molecule has 0 spiro atoms. The number of thiophene rings is 1. The minimum atomic E-state index is -3.71. The van der Waals surface area contributed by atoms with E-state index in [4.69, 9.17) is 4.84 Å². The van der Waals surface area contributed by atoms with E-state index in [0.29, 0.717) is 37.5 Å². The number of nitrogens with zero attached hydrogens (tertiary/aromatic N) is 2. The number of carboxylic acid groups (broad SMARTS) is 1. The standard InChI is InChI=1S/C18H27N3O5S2/c1-13(2)11-14(12-20-8-3-5-15(20)18(22)23)19-28(24,25)17-7-6-16(27-17)21-9-4-10-26-21/h4,6-7,9,13-15,19H,3,5,8,10-12H2,1-2H3,(H,22,23)/t14-,15-/m0/s1. The third-order valence-electron chi connectivity index (χ3n) is 4.78. The first-order chi connectivity index (χ1) is 13.3. The van der Waals surface area contributed by atoms with Crippen molar-refractivity contribution in [3.63, 3.8) is 0 Å². The number of sulfonamides is 1. The fourth-order valence-electron chi connectivity index (χ4n) is 3.63. The number of hydrogen-bond donors (Lipinski definition) is 2. The maximum atomic E-state index is 12.9. The van der Waals surface area contributed by atoms with Crippen molar-refractivity contribution in [3.8, 4) is 0 Å². The Morgan fingerprint density at radius 3 is 2.86 bits per heavy atom. The van der Waals surface area contributed by atoms with Gasteiger partial charge in [0, 0.05) is 18.8 Å². The van der Waals surface area contributed by atoms with Crippen LogP contribution in [0.5, 0.6) is 0 Å². The highest BCUT2D eigenvalue weighted by Crippen LogP contribution is 2.31. The number of nitrogens with one attached hydrogen (secondary N) is 1. The zero-order valence-corrected chi connectivity index (χ0v) is 17.7. The number of hydroxylamine groups is 1. The van der Waals surface area contributed by atoms with Gasteiger partial charge < -0.3 is 5.11 Å². The van der Waals surface area contributed by atoms with Crippen LogP contribution in [0, 0.1) is 5.92 Å². The van der Waals surface area contributed by atoms with Crippen LogP contribution in [0.25, 0.3) is 0 Å². The third kappa shape index (κ3) is 5.12. The number of hydrogen-bond acceptors (Lipinski definition) is 7. The van der Waals surface area contributed by atoms with E-state index in [1.54, 1.807) is 23.4 Å². The van der Waals surface area contributed by atoms with Crippen LogP contribution in [0.1, 0.15) is 33.1 Å². The van der Waals surface area contributed by atoms with Gasteiger partial charge in [-0.05, 0) is 49.9 Å². The number of carboxylic acids is 1. The quantitative estimate of drug-likeness (QED) is 0.621. The second kappa shape index (κ2) is 8.91. The molecule has 2 aliphatic heterocycles. The fraction of sp³-hybridized carbons (Fsp3) is 0.611. The van der Waals surface area contributed by atoms with Gasteiger partial charge in [0.25, 0.3) is 0 Å². The Labute approximate surface area is 169 Å². The average Bonchev–Trinajstić information content (AvgIpc) is 3.34. The Morgan fingerprint density at radius 2 is 2.21 bits per heavy atom. The molecule has 2 aliphatic rings. The Kier molecular flexibility index (Phi) is 6.77. The molecule has 28 heavy (non-hydrogen) atoms. The van der Waals surface area contributed by atoms with Crippen molar-refractivity contribution in [2.75, 3.05) is 24.8 Å². The van der Waals surface area contributed by atoms with E-state index < -0.39 is 22.0 Å². The van der Waals surface area contributed by atoms with Crippen molar-refractivity contribution in [2.24, 2.45) is 5.92 Å². The van der Waals surface area contributed by atoms with Crippen molar-refractivity contribution in [1.82, 2.24) is 9.62 Å². The molecule has 0 aliphatic carbocycles. The maximum Gasteiger partial charge on any atom is 0.320 e. The first-order valence-corrected chi connectivity index (χ1v) is 11.7. The van der Waals surface area contributed by atoms with Gasteiger partial charge in [0.05, 0.1) is 6.61 Å². The summed E-state index contributed by atoms with van der Waals surface area (Å²) >= 11 is 1.14. The Balaban J connectivity index is 1.72. The molecule has 0 amide bonds. The lowest BCUT2D eigenvalue weighted by Gasteiger charge is -2.28. The summed E-state index contributed by atoms with van der Waals surface area (Å²) in [6.45, 7) is 5.59. The van der Waals surface area contributed by atoms with Gasteiger partial charge in [0.2, 0.25) is 10.0 Å². The van der Waals surface area contributed by atoms with Crippen LogP contribution in [0.2, 0.25) is 0 Å². The van der Waals surface area contributed by atoms with E-state index >= 15 is 0 Å². The number of rotatable bonds is 9. The minimum absolute atomic E-state index is 0.219. The molecule has 0 radical (unpaired) electrons. The van der Waals surface area contributed by atoms with Crippen molar-refractivity contribution in [2.45, 2.75) is 49.4 Å². The van der Waals surface area contributed by atoms with Crippen LogP contribution in [-0.4, -0.2) is 56.2 Å². The van der Waals surface area contributed by atoms with E-state index in [0.717, 1.165) is 17.8 Å². The van der Waals surface area contributed by atoms with Crippen molar-refractivity contribution in [1.29, 1.82) is 0 Å². The molecular formula is C18H27N3O5S2. The van der Waals surface area contributed by atoms with E-state index in [1.165, 1.54) is 0 Å². The van der Waals surface area contributed by atoms with E-state index in [9.17, 15) is 18.3 Å². The zero-order valence-electron chi connectivity index (χ0n) is 16.1. The molecule has 2 N–H and O–H groups in total. The van der Waals surface area contributed by atoms with Crippen LogP contribution in [0.3, 0.4) is 0 Å². The number of aliphatic carboxylic acids is 1. The smallest absolute Gasteiger partial charge is 0.320 e. The summed E-state index contributed by atoms with van der Waals surface area (Å²) in [6, 6.07) is 2.40. The predicted octanol–water partition coefficient (Wildman–Crippen LogP) is 2.26. The molecule has 0 saturated carbocycles. The van der Waals surface area contributed by atoms with Crippen molar-refractivity contribution < 1.29 is 23.2 Å². The van der Waals surface area contributed by atoms with Gasteiger partial charge in [0.15, 0.2) is 0 Å². The predicted molar refractivity (Wildman–Crippen MR) is 108 cm³/mol. The first-order valence-electron chi connectivity index (χ1n) is 9.44. The van der Waals surface area contributed by atoms with E-state index in [1.807, 2.05) is 24.8 Å². The Hall–Kier alpha value is -1.46. The van der Waals surface area contributed by atoms with Gasteiger partial charge in [0.1, 0.15) is 15.3 Å². The van der Waals surface area contributed by atoms with Gasteiger partial charge in [-0.3, -0.25) is 14.5 Å². The molecule has 1 aromatic heterocycles. The zero-order chi connectivity index (χ0) is 20.3. The first kappa shape index (κ1) is 21.3. The minimum Gasteiger partial charge on any atom is -0.480 e. The molecule has 156 valence electrons. The van der Waals surface area contributed by atoms with Gasteiger partial charge in [-0.25, -0.2) is 18.2 Å². The molecule has 8 nitrogen and oxygen atoms in total. The van der Waals surface area contributed by atoms with Gasteiger partial charge in [-0.15, -0.1) is 11.3 Å². The lowest BCUT2D eigenvalue weighted by Crippen LogP contribution is -2.47. The molecule has 1 aromatic rings. The summed E-state index contributed by atoms with van der Waals surface area (Å²) in [7, 11) is -3.71. The highest BCUT2D eigenvalue weighted by molar-refractivity contribution is 7.91. The molecular weight excluding hydrogens is 402 g/mol. The van der Waals surface area contributed by atoms with Crippen LogP contribution in [0.15, 0.2) is 28.6 Å². The lowest BCUT2D eigenvalue weighted by molar-refractivity contribution is -0.142. The van der Waals surface area contributed by atoms with E-state index in [2.05, 4.69) is 4.72 Å². The molecule has 0 bridgehead atoms. The van der Waals surface area contributed by atoms with Crippen LogP contribution in [0.4, 0.5) is 5.00 Å². The second-order valence-corrected chi connectivity index (χ2v) is 10.5. The third-order valence-corrected chi connectivity index (χ3v) is 7.86. The molecule has 10 heteroatoms. The summed E-state index contributed by atoms with van der Waals surface area (Å²) < 4.78 is 28.9. The lowest BCUT2D eigenvalue weighted by atomic mass is 10.0. The molecule has 3 rings (SSSR count). The second-order valence-electron chi connectivity index (χ2n) is 7.54. The summed E-state index contributed by atoms with van der Waals surface area (Å²) in [5.74, 6) is -0.564. The fourth-order valence-corrected chi connectivity index (χ4v) is 6.12. The highest BCUT2D eigenvalue weighted by Gasteiger charge is 2.33. The number of likely N-dealkylation sites (tertiary alicyclic amines) is 1. The monoisotopic (exact) mass is 429 g/mol. The molecule has 3 heterocycles. The van der Waals surface area contributed by atoms with Gasteiger partial charge >= 0.3 is 5.97 Å². The maximum absolute atomic E-state index is 12.9. The summed E-state index contributed by atoms with van der Waals surface area (Å²) in [5.41, 5.74) is 0. The Morgan fingerprint density at radius 1 is 1.43 bits per heavy atom. The normalized spacial score (nSPS) is 21.7. The van der Waals surface area contributed by atoms with Crippen LogP contribution in [-0.2, 0) is 19.7 Å². The van der Waals surface area contributed by atoms with Crippen molar-refractivity contribution in [3.05, 3.63) is 24.4 Å². The largest absolute Gasteiger partial charge is 0.480 e. The number of carbonyl (C=O) groups is 1. The SMILES string of the molecule is CC(C)C[C@@H](CN1CCC[C@H]1C(=O)O)NS(=O)(=O)c1ccc(N2C=CCO2)s1. The molecule has 0 unspecified atom stereocenters. The molecule has 0 aromatic carbocycles. The molecule has 1 fully saturated rings. The topological polar surface area (TPSA) is 99.2 Å².